The summed E-state index contributed by atoms with van der Waals surface area (Å²) in [6.07, 6.45) is -5.98. The van der Waals surface area contributed by atoms with Crippen LogP contribution < -0.4 is 0 Å². The molecule has 1 unspecified atom stereocenters. The van der Waals surface area contributed by atoms with Gasteiger partial charge in [-0.2, -0.15) is 13.2 Å². The topological polar surface area (TPSA) is 63.6 Å². The molecular formula is C21H23F3O4. The van der Waals surface area contributed by atoms with Crippen LogP contribution in [0.15, 0.2) is 30.3 Å². The van der Waals surface area contributed by atoms with Gasteiger partial charge < -0.3 is 9.84 Å². The molecule has 28 heavy (non-hydrogen) atoms. The molecule has 0 saturated carbocycles. The van der Waals surface area contributed by atoms with Crippen LogP contribution in [0.5, 0.6) is 5.75 Å². The number of Topliss-reactive ketones (excluding diaryl/α,β-unsaturated/α-hetero) is 1. The number of carbonyl (C=O) groups is 2. The van der Waals surface area contributed by atoms with Crippen molar-refractivity contribution in [2.75, 3.05) is 0 Å². The molecule has 0 saturated heterocycles. The van der Waals surface area contributed by atoms with Gasteiger partial charge in [-0.25, -0.2) is 0 Å². The highest BCUT2D eigenvalue weighted by Crippen LogP contribution is 2.42. The Morgan fingerprint density at radius 1 is 1.04 bits per heavy atom. The predicted octanol–water partition coefficient (Wildman–Crippen LogP) is 5.01. The number of ketones is 1. The van der Waals surface area contributed by atoms with Crippen LogP contribution in [0, 0.1) is 0 Å². The monoisotopic (exact) mass is 396 g/mol. The number of rotatable bonds is 4. The van der Waals surface area contributed by atoms with E-state index in [1.807, 2.05) is 20.8 Å². The minimum atomic E-state index is -5.26. The van der Waals surface area contributed by atoms with Crippen LogP contribution in [-0.2, 0) is 19.7 Å². The molecule has 0 aliphatic heterocycles. The number of phenols is 1. The summed E-state index contributed by atoms with van der Waals surface area (Å²) >= 11 is 0. The second kappa shape index (κ2) is 7.45. The molecule has 0 amide bonds. The number of phenolic OH excluding ortho intramolecular Hbond substituents is 1. The third-order valence-electron chi connectivity index (χ3n) is 4.29. The van der Waals surface area contributed by atoms with Crippen molar-refractivity contribution in [1.29, 1.82) is 0 Å². The summed E-state index contributed by atoms with van der Waals surface area (Å²) in [6, 6.07) is 7.92. The van der Waals surface area contributed by atoms with Gasteiger partial charge in [-0.1, -0.05) is 45.0 Å². The fourth-order valence-electron chi connectivity index (χ4n) is 3.06. The Morgan fingerprint density at radius 3 is 2.04 bits per heavy atom. The van der Waals surface area contributed by atoms with Gasteiger partial charge in [-0.3, -0.25) is 9.59 Å². The average Bonchev–Trinajstić information content (AvgIpc) is 2.54. The van der Waals surface area contributed by atoms with Crippen LogP contribution in [0.1, 0.15) is 51.7 Å². The van der Waals surface area contributed by atoms with Crippen LogP contribution in [0.3, 0.4) is 0 Å². The third-order valence-corrected chi connectivity index (χ3v) is 4.29. The van der Waals surface area contributed by atoms with Gasteiger partial charge in [-0.15, -0.1) is 0 Å². The standard InChI is InChI=1S/C21H23F3O4/c1-11(2)28-19(27)16(18(26)21(22,23)24)14-10-15(20(3,4)5)12-8-6-7-9-13(12)17(14)25/h6-11,16,25H,1-5H3. The van der Waals surface area contributed by atoms with Gasteiger partial charge in [0.25, 0.3) is 5.78 Å². The molecule has 0 bridgehead atoms. The summed E-state index contributed by atoms with van der Waals surface area (Å²) in [5.74, 6) is -6.45. The number of aromatic hydroxyl groups is 1. The number of ether oxygens (including phenoxy) is 1. The van der Waals surface area contributed by atoms with Crippen LogP contribution in [0.4, 0.5) is 13.2 Å². The lowest BCUT2D eigenvalue weighted by Gasteiger charge is -2.26. The Kier molecular flexibility index (Phi) is 5.78. The molecule has 0 aromatic heterocycles. The smallest absolute Gasteiger partial charge is 0.451 e. The molecule has 4 nitrogen and oxygen atoms in total. The fourth-order valence-corrected chi connectivity index (χ4v) is 3.06. The highest BCUT2D eigenvalue weighted by Gasteiger charge is 2.49. The van der Waals surface area contributed by atoms with Gasteiger partial charge >= 0.3 is 12.1 Å². The van der Waals surface area contributed by atoms with Gasteiger partial charge in [0.1, 0.15) is 5.75 Å². The van der Waals surface area contributed by atoms with Gasteiger partial charge in [0, 0.05) is 10.9 Å². The summed E-state index contributed by atoms with van der Waals surface area (Å²) in [5.41, 5.74) is -0.319. The first-order valence-electron chi connectivity index (χ1n) is 8.81. The summed E-state index contributed by atoms with van der Waals surface area (Å²) < 4.78 is 44.6. The largest absolute Gasteiger partial charge is 0.507 e. The maximum absolute atomic E-state index is 13.2. The molecule has 1 N–H and O–H groups in total. The fraction of sp³-hybridized carbons (Fsp3) is 0.429. The summed E-state index contributed by atoms with van der Waals surface area (Å²) in [5, 5.41) is 11.6. The van der Waals surface area contributed by atoms with Crippen molar-refractivity contribution < 1.29 is 32.6 Å². The van der Waals surface area contributed by atoms with E-state index in [1.54, 1.807) is 18.2 Å². The van der Waals surface area contributed by atoms with Crippen molar-refractivity contribution in [3.05, 3.63) is 41.5 Å². The van der Waals surface area contributed by atoms with E-state index < -0.39 is 46.7 Å². The third kappa shape index (κ3) is 4.29. The molecule has 0 radical (unpaired) electrons. The summed E-state index contributed by atoms with van der Waals surface area (Å²) in [6.45, 7) is 8.48. The molecule has 2 aromatic rings. The van der Waals surface area contributed by atoms with Crippen LogP contribution >= 0.6 is 0 Å². The number of hydrogen-bond donors (Lipinski definition) is 1. The van der Waals surface area contributed by atoms with Gasteiger partial charge in [-0.05, 0) is 36.3 Å². The maximum Gasteiger partial charge on any atom is 0.451 e. The number of fused-ring (bicyclic) bond motifs is 1. The normalized spacial score (nSPS) is 13.6. The van der Waals surface area contributed by atoms with E-state index >= 15 is 0 Å². The molecule has 0 fully saturated rings. The van der Waals surface area contributed by atoms with E-state index in [-0.39, 0.29) is 5.39 Å². The SMILES string of the molecule is CC(C)OC(=O)C(C(=O)C(F)(F)F)c1cc(C(C)(C)C)c2ccccc2c1O. The molecule has 2 rings (SSSR count). The van der Waals surface area contributed by atoms with Crippen molar-refractivity contribution in [3.8, 4) is 5.75 Å². The van der Waals surface area contributed by atoms with Crippen molar-refractivity contribution in [2.45, 2.75) is 58.2 Å². The number of halogens is 3. The number of hydrogen-bond acceptors (Lipinski definition) is 4. The highest BCUT2D eigenvalue weighted by molar-refractivity contribution is 6.09. The summed E-state index contributed by atoms with van der Waals surface area (Å²) in [4.78, 5) is 24.5. The van der Waals surface area contributed by atoms with Crippen LogP contribution in [0.25, 0.3) is 10.8 Å². The Bertz CT molecular complexity index is 908. The average molecular weight is 396 g/mol. The Labute approximate surface area is 161 Å². The van der Waals surface area contributed by atoms with E-state index in [9.17, 15) is 27.9 Å². The van der Waals surface area contributed by atoms with E-state index in [4.69, 9.17) is 4.74 Å². The minimum Gasteiger partial charge on any atom is -0.507 e. The molecule has 0 spiro atoms. The Balaban J connectivity index is 2.84. The molecule has 0 aliphatic carbocycles. The number of esters is 1. The molecule has 152 valence electrons. The van der Waals surface area contributed by atoms with Crippen LogP contribution in [-0.4, -0.2) is 29.1 Å². The van der Waals surface area contributed by atoms with E-state index in [1.165, 1.54) is 26.0 Å². The second-order valence-electron chi connectivity index (χ2n) is 7.94. The molecule has 2 aromatic carbocycles. The molecular weight excluding hydrogens is 373 g/mol. The van der Waals surface area contributed by atoms with Gasteiger partial charge in [0.2, 0.25) is 0 Å². The zero-order valence-electron chi connectivity index (χ0n) is 16.3. The van der Waals surface area contributed by atoms with E-state index in [2.05, 4.69) is 0 Å². The van der Waals surface area contributed by atoms with Crippen molar-refractivity contribution >= 4 is 22.5 Å². The Morgan fingerprint density at radius 2 is 1.57 bits per heavy atom. The first kappa shape index (κ1) is 21.7. The Hall–Kier alpha value is -2.57. The zero-order valence-corrected chi connectivity index (χ0v) is 16.3. The molecule has 0 aliphatic rings. The summed E-state index contributed by atoms with van der Waals surface area (Å²) in [7, 11) is 0. The first-order chi connectivity index (χ1) is 12.7. The first-order valence-corrected chi connectivity index (χ1v) is 8.81. The van der Waals surface area contributed by atoms with Crippen LogP contribution in [0.2, 0.25) is 0 Å². The van der Waals surface area contributed by atoms with Crippen molar-refractivity contribution in [3.63, 3.8) is 0 Å². The second-order valence-corrected chi connectivity index (χ2v) is 7.94. The zero-order chi connectivity index (χ0) is 21.4. The predicted molar refractivity (Wildman–Crippen MR) is 99.3 cm³/mol. The quantitative estimate of drug-likeness (QED) is 0.583. The number of alkyl halides is 3. The molecule has 0 heterocycles. The number of benzene rings is 2. The van der Waals surface area contributed by atoms with Gasteiger partial charge in [0.05, 0.1) is 6.10 Å². The van der Waals surface area contributed by atoms with Crippen molar-refractivity contribution in [2.24, 2.45) is 0 Å². The van der Waals surface area contributed by atoms with E-state index in [0.29, 0.717) is 10.9 Å². The van der Waals surface area contributed by atoms with Crippen molar-refractivity contribution in [1.82, 2.24) is 0 Å². The molecule has 1 atom stereocenters. The maximum atomic E-state index is 13.2. The lowest BCUT2D eigenvalue weighted by Crippen LogP contribution is -2.35. The minimum absolute atomic E-state index is 0.266. The molecule has 7 heteroatoms. The lowest BCUT2D eigenvalue weighted by molar-refractivity contribution is -0.178. The highest BCUT2D eigenvalue weighted by atomic mass is 19.4. The van der Waals surface area contributed by atoms with Gasteiger partial charge in [0.15, 0.2) is 5.92 Å². The van der Waals surface area contributed by atoms with E-state index in [0.717, 1.165) is 0 Å². The lowest BCUT2D eigenvalue weighted by atomic mass is 9.80. The number of carbonyl (C=O) groups excluding carboxylic acids is 2.